The fourth-order valence-corrected chi connectivity index (χ4v) is 4.38. The minimum Gasteiger partial charge on any atom is -0.497 e. The number of piperazine rings is 1. The molecule has 2 aromatic carbocycles. The zero-order valence-corrected chi connectivity index (χ0v) is 19.6. The molecule has 0 unspecified atom stereocenters. The van der Waals surface area contributed by atoms with Crippen LogP contribution in [0.25, 0.3) is 0 Å². The van der Waals surface area contributed by atoms with Crippen molar-refractivity contribution in [2.24, 2.45) is 0 Å². The molecule has 0 atom stereocenters. The second kappa shape index (κ2) is 9.91. The minimum atomic E-state index is -0.0763. The van der Waals surface area contributed by atoms with Crippen LogP contribution in [0.15, 0.2) is 47.8 Å². The molecule has 0 spiro atoms. The third-order valence-electron chi connectivity index (χ3n) is 5.58. The summed E-state index contributed by atoms with van der Waals surface area (Å²) in [5, 5.41) is 5.61. The van der Waals surface area contributed by atoms with Gasteiger partial charge in [-0.15, -0.1) is 11.3 Å². The number of ketones is 1. The number of Topliss-reactive ketones (excluding diaryl/α,β-unsaturated/α-hetero) is 1. The van der Waals surface area contributed by atoms with E-state index in [2.05, 4.69) is 15.2 Å². The van der Waals surface area contributed by atoms with Gasteiger partial charge in [-0.25, -0.2) is 4.98 Å². The number of ether oxygens (including phenoxy) is 2. The number of hydrogen-bond donors (Lipinski definition) is 1. The average Bonchev–Trinajstić information content (AvgIpc) is 3.32. The van der Waals surface area contributed by atoms with Crippen molar-refractivity contribution >= 4 is 39.5 Å². The van der Waals surface area contributed by atoms with Gasteiger partial charge in [0.25, 0.3) is 5.91 Å². The highest BCUT2D eigenvalue weighted by molar-refractivity contribution is 7.14. The first kappa shape index (κ1) is 22.6. The highest BCUT2D eigenvalue weighted by atomic mass is 32.1. The predicted octanol–water partition coefficient (Wildman–Crippen LogP) is 4.07. The lowest BCUT2D eigenvalue weighted by atomic mass is 10.1. The lowest BCUT2D eigenvalue weighted by molar-refractivity contribution is 0.0741. The van der Waals surface area contributed by atoms with Crippen LogP contribution in [0.4, 0.5) is 16.5 Å². The molecule has 3 aromatic rings. The number of rotatable bonds is 7. The molecule has 1 fully saturated rings. The third kappa shape index (κ3) is 5.09. The summed E-state index contributed by atoms with van der Waals surface area (Å²) in [6, 6.07) is 13.1. The molecule has 1 saturated heterocycles. The quantitative estimate of drug-likeness (QED) is 0.526. The lowest BCUT2D eigenvalue weighted by Crippen LogP contribution is -2.48. The van der Waals surface area contributed by atoms with E-state index >= 15 is 0 Å². The number of anilines is 3. The highest BCUT2D eigenvalue weighted by Crippen LogP contribution is 2.32. The van der Waals surface area contributed by atoms with E-state index in [1.54, 1.807) is 32.6 Å². The van der Waals surface area contributed by atoms with Crippen LogP contribution < -0.4 is 19.7 Å². The van der Waals surface area contributed by atoms with Crippen LogP contribution in [0, 0.1) is 0 Å². The number of methoxy groups -OCH3 is 2. The van der Waals surface area contributed by atoms with Crippen LogP contribution in [0.3, 0.4) is 0 Å². The number of benzene rings is 2. The van der Waals surface area contributed by atoms with Gasteiger partial charge in [0, 0.05) is 48.9 Å². The second-order valence-electron chi connectivity index (χ2n) is 7.61. The summed E-state index contributed by atoms with van der Waals surface area (Å²) in [7, 11) is 3.19. The number of aromatic nitrogens is 1. The van der Waals surface area contributed by atoms with Crippen LogP contribution in [0.1, 0.15) is 27.8 Å². The number of hydrogen-bond acceptors (Lipinski definition) is 8. The molecule has 1 amide bonds. The van der Waals surface area contributed by atoms with Crippen LogP contribution in [-0.2, 0) is 0 Å². The molecular formula is C24H26N4O4S. The minimum absolute atomic E-state index is 0.0551. The van der Waals surface area contributed by atoms with E-state index in [9.17, 15) is 9.59 Å². The molecule has 1 N–H and O–H groups in total. The van der Waals surface area contributed by atoms with Gasteiger partial charge < -0.3 is 24.6 Å². The molecular weight excluding hydrogens is 440 g/mol. The Morgan fingerprint density at radius 3 is 2.36 bits per heavy atom. The van der Waals surface area contributed by atoms with Gasteiger partial charge in [0.1, 0.15) is 17.2 Å². The Morgan fingerprint density at radius 1 is 1.00 bits per heavy atom. The Kier molecular flexibility index (Phi) is 6.79. The van der Waals surface area contributed by atoms with Gasteiger partial charge in [0.05, 0.1) is 19.9 Å². The number of carbonyl (C=O) groups excluding carboxylic acids is 2. The highest BCUT2D eigenvalue weighted by Gasteiger charge is 2.24. The van der Waals surface area contributed by atoms with E-state index in [1.165, 1.54) is 11.3 Å². The molecule has 8 nitrogen and oxygen atoms in total. The molecule has 4 rings (SSSR count). The average molecular weight is 467 g/mol. The topological polar surface area (TPSA) is 84.0 Å². The van der Waals surface area contributed by atoms with Gasteiger partial charge >= 0.3 is 0 Å². The van der Waals surface area contributed by atoms with E-state index in [-0.39, 0.29) is 11.7 Å². The summed E-state index contributed by atoms with van der Waals surface area (Å²) >= 11 is 1.37. The number of thiazole rings is 1. The maximum absolute atomic E-state index is 13.0. The molecule has 0 saturated carbocycles. The van der Waals surface area contributed by atoms with Crippen molar-refractivity contribution in [2.75, 3.05) is 50.6 Å². The van der Waals surface area contributed by atoms with E-state index in [4.69, 9.17) is 9.47 Å². The van der Waals surface area contributed by atoms with E-state index in [0.29, 0.717) is 41.0 Å². The van der Waals surface area contributed by atoms with E-state index in [1.807, 2.05) is 41.3 Å². The maximum Gasteiger partial charge on any atom is 0.273 e. The molecule has 0 bridgehead atoms. The van der Waals surface area contributed by atoms with Gasteiger partial charge in [-0.05, 0) is 43.3 Å². The second-order valence-corrected chi connectivity index (χ2v) is 8.47. The summed E-state index contributed by atoms with van der Waals surface area (Å²) in [6.07, 6.45) is 0. The van der Waals surface area contributed by atoms with Crippen molar-refractivity contribution in [3.05, 3.63) is 59.1 Å². The monoisotopic (exact) mass is 466 g/mol. The standard InChI is InChI=1S/C24H26N4O4S/c1-16(29)17-4-6-18(7-5-17)27-10-12-28(13-11-27)23(30)21-15-33-24(26-21)25-20-9-8-19(31-2)14-22(20)32-3/h4-9,14-15H,10-13H2,1-3H3,(H,25,26). The summed E-state index contributed by atoms with van der Waals surface area (Å²) in [5.74, 6) is 1.30. The summed E-state index contributed by atoms with van der Waals surface area (Å²) in [6.45, 7) is 4.24. The number of carbonyl (C=O) groups is 2. The molecule has 1 aliphatic heterocycles. The first-order valence-corrected chi connectivity index (χ1v) is 11.5. The van der Waals surface area contributed by atoms with Crippen molar-refractivity contribution in [3.8, 4) is 11.5 Å². The fraction of sp³-hybridized carbons (Fsp3) is 0.292. The van der Waals surface area contributed by atoms with E-state index < -0.39 is 0 Å². The van der Waals surface area contributed by atoms with Gasteiger partial charge in [-0.3, -0.25) is 9.59 Å². The Hall–Kier alpha value is -3.59. The summed E-state index contributed by atoms with van der Waals surface area (Å²) in [5.41, 5.74) is 2.93. The van der Waals surface area contributed by atoms with Crippen molar-refractivity contribution in [1.82, 2.24) is 9.88 Å². The number of nitrogens with one attached hydrogen (secondary N) is 1. The third-order valence-corrected chi connectivity index (χ3v) is 6.34. The molecule has 0 radical (unpaired) electrons. The molecule has 9 heteroatoms. The summed E-state index contributed by atoms with van der Waals surface area (Å²) < 4.78 is 10.6. The Morgan fingerprint density at radius 2 is 1.73 bits per heavy atom. The van der Waals surface area contributed by atoms with Gasteiger partial charge in [-0.1, -0.05) is 0 Å². The van der Waals surface area contributed by atoms with Crippen LogP contribution >= 0.6 is 11.3 Å². The van der Waals surface area contributed by atoms with Crippen LogP contribution in [-0.4, -0.2) is 62.0 Å². The lowest BCUT2D eigenvalue weighted by Gasteiger charge is -2.35. The Balaban J connectivity index is 1.37. The predicted molar refractivity (Wildman–Crippen MR) is 130 cm³/mol. The largest absolute Gasteiger partial charge is 0.497 e. The molecule has 172 valence electrons. The van der Waals surface area contributed by atoms with Crippen molar-refractivity contribution in [1.29, 1.82) is 0 Å². The molecule has 2 heterocycles. The summed E-state index contributed by atoms with van der Waals surface area (Å²) in [4.78, 5) is 33.0. The Bertz CT molecular complexity index is 1140. The first-order valence-electron chi connectivity index (χ1n) is 10.6. The van der Waals surface area contributed by atoms with E-state index in [0.717, 1.165) is 24.5 Å². The molecule has 1 aromatic heterocycles. The van der Waals surface area contributed by atoms with Gasteiger partial charge in [-0.2, -0.15) is 0 Å². The maximum atomic E-state index is 13.0. The van der Waals surface area contributed by atoms with Crippen molar-refractivity contribution in [2.45, 2.75) is 6.92 Å². The SMILES string of the molecule is COc1ccc(Nc2nc(C(=O)N3CCN(c4ccc(C(C)=O)cc4)CC3)cs2)c(OC)c1. The molecule has 0 aliphatic carbocycles. The molecule has 1 aliphatic rings. The van der Waals surface area contributed by atoms with Crippen molar-refractivity contribution in [3.63, 3.8) is 0 Å². The van der Waals surface area contributed by atoms with Gasteiger partial charge in [0.15, 0.2) is 10.9 Å². The van der Waals surface area contributed by atoms with Crippen LogP contribution in [0.2, 0.25) is 0 Å². The van der Waals surface area contributed by atoms with Crippen LogP contribution in [0.5, 0.6) is 11.5 Å². The number of amides is 1. The Labute approximate surface area is 196 Å². The molecule has 33 heavy (non-hydrogen) atoms. The first-order chi connectivity index (χ1) is 16.0. The smallest absolute Gasteiger partial charge is 0.273 e. The number of nitrogens with zero attached hydrogens (tertiary/aromatic N) is 3. The normalized spacial score (nSPS) is 13.5. The fourth-order valence-electron chi connectivity index (χ4n) is 3.68. The van der Waals surface area contributed by atoms with Gasteiger partial charge in [0.2, 0.25) is 0 Å². The zero-order chi connectivity index (χ0) is 23.4. The zero-order valence-electron chi connectivity index (χ0n) is 18.8. The van der Waals surface area contributed by atoms with Crippen molar-refractivity contribution < 1.29 is 19.1 Å².